The van der Waals surface area contributed by atoms with E-state index in [-0.39, 0.29) is 5.69 Å². The first-order valence-corrected chi connectivity index (χ1v) is 13.0. The average molecular weight is 516 g/mol. The fourth-order valence-corrected chi connectivity index (χ4v) is 4.14. The van der Waals surface area contributed by atoms with Crippen LogP contribution in [-0.4, -0.2) is 39.9 Å². The lowest BCUT2D eigenvalue weighted by Gasteiger charge is -2.21. The molecule has 0 fully saturated rings. The summed E-state index contributed by atoms with van der Waals surface area (Å²) in [7, 11) is -3.72. The molecular formula is C25H26ClN3O5S. The minimum Gasteiger partial charge on any atom is -0.490 e. The molecule has 1 N–H and O–H groups in total. The summed E-state index contributed by atoms with van der Waals surface area (Å²) < 4.78 is 36.9. The van der Waals surface area contributed by atoms with Gasteiger partial charge >= 0.3 is 0 Å². The topological polar surface area (TPSA) is 97.3 Å². The normalized spacial score (nSPS) is 11.3. The quantitative estimate of drug-likeness (QED) is 0.304. The zero-order valence-electron chi connectivity index (χ0n) is 19.3. The van der Waals surface area contributed by atoms with Gasteiger partial charge in [0, 0.05) is 5.02 Å². The number of anilines is 1. The lowest BCUT2D eigenvalue weighted by atomic mass is 10.2. The Morgan fingerprint density at radius 1 is 1.03 bits per heavy atom. The fourth-order valence-electron chi connectivity index (χ4n) is 3.10. The van der Waals surface area contributed by atoms with E-state index in [1.807, 2.05) is 37.3 Å². The van der Waals surface area contributed by atoms with Gasteiger partial charge in [-0.3, -0.25) is 9.10 Å². The van der Waals surface area contributed by atoms with E-state index in [1.54, 1.807) is 36.4 Å². The zero-order valence-corrected chi connectivity index (χ0v) is 20.9. The summed E-state index contributed by atoms with van der Waals surface area (Å²) in [6.07, 6.45) is 2.45. The van der Waals surface area contributed by atoms with E-state index in [4.69, 9.17) is 21.1 Å². The Kier molecular flexibility index (Phi) is 9.11. The van der Waals surface area contributed by atoms with Crippen LogP contribution in [0.4, 0.5) is 5.69 Å². The molecule has 35 heavy (non-hydrogen) atoms. The number of amides is 1. The number of carbonyl (C=O) groups excluding carboxylic acids is 1. The summed E-state index contributed by atoms with van der Waals surface area (Å²) in [5, 5.41) is 4.30. The highest BCUT2D eigenvalue weighted by atomic mass is 35.5. The third-order valence-electron chi connectivity index (χ3n) is 4.69. The molecule has 0 bridgehead atoms. The van der Waals surface area contributed by atoms with Crippen molar-refractivity contribution in [2.75, 3.05) is 23.7 Å². The van der Waals surface area contributed by atoms with Gasteiger partial charge in [0.2, 0.25) is 10.0 Å². The van der Waals surface area contributed by atoms with Crippen molar-refractivity contribution in [3.8, 4) is 11.5 Å². The second kappa shape index (κ2) is 12.2. The number of nitrogens with one attached hydrogen (secondary N) is 1. The maximum atomic E-state index is 12.4. The van der Waals surface area contributed by atoms with Gasteiger partial charge in [-0.2, -0.15) is 5.10 Å². The number of ether oxygens (including phenoxy) is 2. The van der Waals surface area contributed by atoms with Gasteiger partial charge in [-0.05, 0) is 54.4 Å². The predicted molar refractivity (Wildman–Crippen MR) is 138 cm³/mol. The van der Waals surface area contributed by atoms with E-state index in [9.17, 15) is 13.2 Å². The number of carbonyl (C=O) groups is 1. The van der Waals surface area contributed by atoms with Gasteiger partial charge in [-0.25, -0.2) is 13.8 Å². The van der Waals surface area contributed by atoms with E-state index < -0.39 is 22.5 Å². The Balaban J connectivity index is 1.65. The predicted octanol–water partition coefficient (Wildman–Crippen LogP) is 4.23. The van der Waals surface area contributed by atoms with Crippen LogP contribution in [0, 0.1) is 0 Å². The Labute approximate surface area is 210 Å². The second-order valence-corrected chi connectivity index (χ2v) is 9.80. The number of sulfonamides is 1. The Bertz CT molecular complexity index is 1280. The number of hydrogen-bond acceptors (Lipinski definition) is 6. The molecule has 0 aliphatic rings. The van der Waals surface area contributed by atoms with Crippen LogP contribution in [0.1, 0.15) is 18.1 Å². The Morgan fingerprint density at radius 2 is 1.80 bits per heavy atom. The highest BCUT2D eigenvalue weighted by molar-refractivity contribution is 7.92. The standard InChI is InChI=1S/C25H26ClN3O5S/c1-3-33-24-14-20(12-13-23(24)34-18-19-8-5-4-6-9-19)16-27-28-25(30)17-29(35(2,31)32)22-11-7-10-21(26)15-22/h4-16H,3,17-18H2,1-2H3,(H,28,30)/b27-16-. The fraction of sp³-hybridized carbons (Fsp3) is 0.200. The highest BCUT2D eigenvalue weighted by Gasteiger charge is 2.21. The molecule has 0 aromatic heterocycles. The first-order valence-electron chi connectivity index (χ1n) is 10.7. The maximum Gasteiger partial charge on any atom is 0.260 e. The van der Waals surface area contributed by atoms with Crippen LogP contribution in [0.15, 0.2) is 77.9 Å². The SMILES string of the molecule is CCOc1cc(/C=N\NC(=O)CN(c2cccc(Cl)c2)S(C)(=O)=O)ccc1OCc1ccccc1. The van der Waals surface area contributed by atoms with Crippen molar-refractivity contribution in [2.24, 2.45) is 5.10 Å². The van der Waals surface area contributed by atoms with Crippen LogP contribution in [-0.2, 0) is 21.4 Å². The lowest BCUT2D eigenvalue weighted by Crippen LogP contribution is -2.39. The molecule has 10 heteroatoms. The molecule has 0 heterocycles. The summed E-state index contributed by atoms with van der Waals surface area (Å²) >= 11 is 5.96. The third-order valence-corrected chi connectivity index (χ3v) is 6.07. The van der Waals surface area contributed by atoms with E-state index in [0.717, 1.165) is 16.1 Å². The number of benzene rings is 3. The largest absolute Gasteiger partial charge is 0.490 e. The smallest absolute Gasteiger partial charge is 0.260 e. The number of hydrazone groups is 1. The van der Waals surface area contributed by atoms with E-state index in [2.05, 4.69) is 10.5 Å². The van der Waals surface area contributed by atoms with Crippen LogP contribution < -0.4 is 19.2 Å². The molecule has 1 amide bonds. The van der Waals surface area contributed by atoms with Crippen molar-refractivity contribution in [1.82, 2.24) is 5.43 Å². The zero-order chi connectivity index (χ0) is 25.3. The van der Waals surface area contributed by atoms with Crippen LogP contribution in [0.3, 0.4) is 0 Å². The Hall–Kier alpha value is -3.56. The Morgan fingerprint density at radius 3 is 2.49 bits per heavy atom. The molecule has 0 aliphatic carbocycles. The monoisotopic (exact) mass is 515 g/mol. The van der Waals surface area contributed by atoms with Crippen LogP contribution in [0.25, 0.3) is 0 Å². The van der Waals surface area contributed by atoms with Gasteiger partial charge in [0.05, 0.1) is 24.8 Å². The molecule has 0 radical (unpaired) electrons. The molecular weight excluding hydrogens is 490 g/mol. The average Bonchev–Trinajstić information content (AvgIpc) is 2.82. The van der Waals surface area contributed by atoms with Gasteiger partial charge < -0.3 is 9.47 Å². The van der Waals surface area contributed by atoms with Crippen molar-refractivity contribution in [1.29, 1.82) is 0 Å². The maximum absolute atomic E-state index is 12.4. The molecule has 0 unspecified atom stereocenters. The molecule has 0 saturated heterocycles. The third kappa shape index (κ3) is 8.01. The molecule has 0 spiro atoms. The van der Waals surface area contributed by atoms with Crippen LogP contribution in [0.2, 0.25) is 5.02 Å². The molecule has 0 saturated carbocycles. The molecule has 8 nitrogen and oxygen atoms in total. The van der Waals surface area contributed by atoms with Crippen molar-refractivity contribution in [2.45, 2.75) is 13.5 Å². The summed E-state index contributed by atoms with van der Waals surface area (Å²) in [6.45, 7) is 2.26. The van der Waals surface area contributed by atoms with Crippen molar-refractivity contribution < 1.29 is 22.7 Å². The van der Waals surface area contributed by atoms with Gasteiger partial charge in [0.25, 0.3) is 5.91 Å². The lowest BCUT2D eigenvalue weighted by molar-refractivity contribution is -0.119. The molecule has 3 aromatic carbocycles. The van der Waals surface area contributed by atoms with E-state index in [0.29, 0.717) is 35.3 Å². The molecule has 3 aromatic rings. The number of halogens is 1. The van der Waals surface area contributed by atoms with E-state index in [1.165, 1.54) is 12.3 Å². The van der Waals surface area contributed by atoms with Crippen LogP contribution >= 0.6 is 11.6 Å². The minimum atomic E-state index is -3.72. The first kappa shape index (κ1) is 26.1. The minimum absolute atomic E-state index is 0.284. The molecule has 0 atom stereocenters. The highest BCUT2D eigenvalue weighted by Crippen LogP contribution is 2.29. The number of hydrogen-bond donors (Lipinski definition) is 1. The van der Waals surface area contributed by atoms with Crippen molar-refractivity contribution in [3.05, 3.63) is 88.9 Å². The molecule has 184 valence electrons. The van der Waals surface area contributed by atoms with E-state index >= 15 is 0 Å². The number of nitrogens with zero attached hydrogens (tertiary/aromatic N) is 2. The molecule has 3 rings (SSSR count). The van der Waals surface area contributed by atoms with Gasteiger partial charge in [-0.15, -0.1) is 0 Å². The second-order valence-electron chi connectivity index (χ2n) is 7.46. The molecule has 0 aliphatic heterocycles. The van der Waals surface area contributed by atoms with Crippen LogP contribution in [0.5, 0.6) is 11.5 Å². The van der Waals surface area contributed by atoms with Gasteiger partial charge in [0.1, 0.15) is 13.2 Å². The van der Waals surface area contributed by atoms with Crippen molar-refractivity contribution in [3.63, 3.8) is 0 Å². The van der Waals surface area contributed by atoms with Gasteiger partial charge in [-0.1, -0.05) is 48.0 Å². The number of rotatable bonds is 11. The van der Waals surface area contributed by atoms with Crippen molar-refractivity contribution >= 4 is 39.4 Å². The first-order chi connectivity index (χ1) is 16.8. The summed E-state index contributed by atoms with van der Waals surface area (Å²) in [5.41, 5.74) is 4.33. The summed E-state index contributed by atoms with van der Waals surface area (Å²) in [6, 6.07) is 21.3. The summed E-state index contributed by atoms with van der Waals surface area (Å²) in [5.74, 6) is 0.518. The summed E-state index contributed by atoms with van der Waals surface area (Å²) in [4.78, 5) is 12.4. The van der Waals surface area contributed by atoms with Gasteiger partial charge in [0.15, 0.2) is 11.5 Å².